The summed E-state index contributed by atoms with van der Waals surface area (Å²) in [5, 5.41) is 0. The van der Waals surface area contributed by atoms with E-state index in [1.807, 2.05) is 0 Å². The molecular weight excluding hydrogens is 98.1 g/mol. The highest BCUT2D eigenvalue weighted by Crippen LogP contribution is 2.52. The Morgan fingerprint density at radius 2 is 2.12 bits per heavy atom. The maximum atomic E-state index is 5.81. The summed E-state index contributed by atoms with van der Waals surface area (Å²) < 4.78 is 0. The van der Waals surface area contributed by atoms with Crippen LogP contribution in [0.15, 0.2) is 0 Å². The number of hydrogen-bond donors (Lipinski definition) is 1. The van der Waals surface area contributed by atoms with E-state index in [-0.39, 0.29) is 0 Å². The zero-order chi connectivity index (χ0) is 5.72. The third kappa shape index (κ3) is 0.368. The molecule has 3 aliphatic rings. The molecule has 0 unspecified atom stereocenters. The Labute approximate surface area is 50.3 Å². The molecule has 0 heterocycles. The van der Waals surface area contributed by atoms with Gasteiger partial charge < -0.3 is 5.73 Å². The standard InChI is InChI=1S/C7H13N/c1-4-5-2-6(4)7(8)3-5/h4-7H,2-3,8H2,1H3/t4-,5-,6-,7-/m1/s1. The minimum Gasteiger partial charge on any atom is -0.327 e. The fraction of sp³-hybridized carbons (Fsp3) is 1.00. The lowest BCUT2D eigenvalue weighted by Crippen LogP contribution is -2.31. The van der Waals surface area contributed by atoms with Crippen LogP contribution < -0.4 is 5.73 Å². The molecule has 2 N–H and O–H groups in total. The van der Waals surface area contributed by atoms with Gasteiger partial charge >= 0.3 is 0 Å². The fourth-order valence-corrected chi connectivity index (χ4v) is 2.33. The van der Waals surface area contributed by atoms with Gasteiger partial charge in [0.2, 0.25) is 0 Å². The van der Waals surface area contributed by atoms with Crippen molar-refractivity contribution in [1.82, 2.24) is 0 Å². The molecule has 0 saturated heterocycles. The van der Waals surface area contributed by atoms with Crippen LogP contribution in [-0.2, 0) is 0 Å². The summed E-state index contributed by atoms with van der Waals surface area (Å²) >= 11 is 0. The number of rotatable bonds is 0. The summed E-state index contributed by atoms with van der Waals surface area (Å²) in [6, 6.07) is 0.565. The molecule has 0 spiro atoms. The van der Waals surface area contributed by atoms with Gasteiger partial charge in [0.15, 0.2) is 0 Å². The van der Waals surface area contributed by atoms with Crippen molar-refractivity contribution in [3.8, 4) is 0 Å². The lowest BCUT2D eigenvalue weighted by Gasteiger charge is -2.32. The molecule has 0 radical (unpaired) electrons. The molecule has 46 valence electrons. The predicted octanol–water partition coefficient (Wildman–Crippen LogP) is 0.990. The number of nitrogens with two attached hydrogens (primary N) is 1. The van der Waals surface area contributed by atoms with Gasteiger partial charge in [0, 0.05) is 6.04 Å². The van der Waals surface area contributed by atoms with E-state index in [0.717, 1.165) is 17.8 Å². The third-order valence-electron chi connectivity index (χ3n) is 3.12. The van der Waals surface area contributed by atoms with Gasteiger partial charge in [0.05, 0.1) is 0 Å². The van der Waals surface area contributed by atoms with E-state index >= 15 is 0 Å². The van der Waals surface area contributed by atoms with Crippen molar-refractivity contribution in [1.29, 1.82) is 0 Å². The summed E-state index contributed by atoms with van der Waals surface area (Å²) in [7, 11) is 0. The van der Waals surface area contributed by atoms with E-state index in [2.05, 4.69) is 6.92 Å². The topological polar surface area (TPSA) is 26.0 Å². The first kappa shape index (κ1) is 4.80. The van der Waals surface area contributed by atoms with Crippen molar-refractivity contribution in [3.63, 3.8) is 0 Å². The average Bonchev–Trinajstić information content (AvgIpc) is 2.19. The highest BCUT2D eigenvalue weighted by atomic mass is 14.7. The van der Waals surface area contributed by atoms with Crippen LogP contribution in [0, 0.1) is 17.8 Å². The molecule has 0 aromatic carbocycles. The normalized spacial score (nSPS) is 60.8. The summed E-state index contributed by atoms with van der Waals surface area (Å²) in [4.78, 5) is 0. The molecule has 1 nitrogen and oxygen atoms in total. The fourth-order valence-electron chi connectivity index (χ4n) is 2.33. The number of fused-ring (bicyclic) bond motifs is 1. The molecule has 0 aromatic rings. The molecule has 3 aliphatic carbocycles. The Kier molecular flexibility index (Phi) is 0.762. The zero-order valence-electron chi connectivity index (χ0n) is 5.30. The Hall–Kier alpha value is -0.0400. The van der Waals surface area contributed by atoms with Gasteiger partial charge in [-0.1, -0.05) is 6.92 Å². The predicted molar refractivity (Wildman–Crippen MR) is 33.4 cm³/mol. The van der Waals surface area contributed by atoms with Crippen LogP contribution >= 0.6 is 0 Å². The minimum absolute atomic E-state index is 0.565. The van der Waals surface area contributed by atoms with E-state index in [0.29, 0.717) is 6.04 Å². The summed E-state index contributed by atoms with van der Waals surface area (Å²) in [6.45, 7) is 2.34. The second kappa shape index (κ2) is 1.27. The van der Waals surface area contributed by atoms with Gasteiger partial charge in [-0.3, -0.25) is 0 Å². The van der Waals surface area contributed by atoms with Crippen molar-refractivity contribution in [2.75, 3.05) is 0 Å². The van der Waals surface area contributed by atoms with Gasteiger partial charge in [-0.2, -0.15) is 0 Å². The van der Waals surface area contributed by atoms with E-state index in [4.69, 9.17) is 5.73 Å². The van der Waals surface area contributed by atoms with Gasteiger partial charge in [0.25, 0.3) is 0 Å². The first-order valence-corrected chi connectivity index (χ1v) is 3.54. The molecule has 4 atom stereocenters. The van der Waals surface area contributed by atoms with Gasteiger partial charge in [-0.15, -0.1) is 0 Å². The highest BCUT2D eigenvalue weighted by molar-refractivity contribution is 5.01. The Morgan fingerprint density at radius 3 is 2.25 bits per heavy atom. The quantitative estimate of drug-likeness (QED) is 0.495. The molecular formula is C7H13N. The maximum absolute atomic E-state index is 5.81. The van der Waals surface area contributed by atoms with E-state index in [1.54, 1.807) is 0 Å². The SMILES string of the molecule is C[C@@H]1[C@@H]2C[C@H]1[C@H](N)C2. The van der Waals surface area contributed by atoms with Gasteiger partial charge in [-0.05, 0) is 30.6 Å². The molecule has 0 aliphatic heterocycles. The van der Waals surface area contributed by atoms with Gasteiger partial charge in [0.1, 0.15) is 0 Å². The third-order valence-corrected chi connectivity index (χ3v) is 3.12. The van der Waals surface area contributed by atoms with Crippen LogP contribution in [0.25, 0.3) is 0 Å². The Morgan fingerprint density at radius 1 is 1.38 bits per heavy atom. The van der Waals surface area contributed by atoms with Crippen LogP contribution in [0.4, 0.5) is 0 Å². The Bertz CT molecular complexity index is 107. The second-order valence-electron chi connectivity index (χ2n) is 3.42. The molecule has 0 amide bonds. The minimum atomic E-state index is 0.565. The molecule has 8 heavy (non-hydrogen) atoms. The van der Waals surface area contributed by atoms with E-state index < -0.39 is 0 Å². The maximum Gasteiger partial charge on any atom is 0.00726 e. The summed E-state index contributed by atoms with van der Waals surface area (Å²) in [5.41, 5.74) is 5.81. The monoisotopic (exact) mass is 111 g/mol. The number of hydrogen-bond acceptors (Lipinski definition) is 1. The molecule has 0 aromatic heterocycles. The van der Waals surface area contributed by atoms with Crippen LogP contribution in [0.3, 0.4) is 0 Å². The van der Waals surface area contributed by atoms with Crippen molar-refractivity contribution < 1.29 is 0 Å². The Balaban J connectivity index is 2.13. The summed E-state index contributed by atoms with van der Waals surface area (Å²) in [5.74, 6) is 2.87. The van der Waals surface area contributed by atoms with Gasteiger partial charge in [-0.25, -0.2) is 0 Å². The second-order valence-corrected chi connectivity index (χ2v) is 3.42. The first-order valence-electron chi connectivity index (χ1n) is 3.54. The van der Waals surface area contributed by atoms with Crippen molar-refractivity contribution in [2.24, 2.45) is 23.5 Å². The molecule has 3 rings (SSSR count). The summed E-state index contributed by atoms with van der Waals surface area (Å²) in [6.07, 6.45) is 2.74. The van der Waals surface area contributed by atoms with E-state index in [1.165, 1.54) is 12.8 Å². The lowest BCUT2D eigenvalue weighted by molar-refractivity contribution is 0.172. The first-order chi connectivity index (χ1) is 3.79. The van der Waals surface area contributed by atoms with Crippen LogP contribution in [0.5, 0.6) is 0 Å². The largest absolute Gasteiger partial charge is 0.327 e. The molecule has 3 saturated carbocycles. The smallest absolute Gasteiger partial charge is 0.00726 e. The van der Waals surface area contributed by atoms with Crippen LogP contribution in [-0.4, -0.2) is 6.04 Å². The van der Waals surface area contributed by atoms with Crippen molar-refractivity contribution in [2.45, 2.75) is 25.8 Å². The molecule has 3 fully saturated rings. The van der Waals surface area contributed by atoms with E-state index in [9.17, 15) is 0 Å². The average molecular weight is 111 g/mol. The van der Waals surface area contributed by atoms with Crippen molar-refractivity contribution >= 4 is 0 Å². The van der Waals surface area contributed by atoms with Crippen molar-refractivity contribution in [3.05, 3.63) is 0 Å². The molecule has 1 heteroatoms. The zero-order valence-corrected chi connectivity index (χ0v) is 5.30. The molecule has 2 bridgehead atoms. The van der Waals surface area contributed by atoms with Crippen LogP contribution in [0.2, 0.25) is 0 Å². The lowest BCUT2D eigenvalue weighted by atomic mass is 9.73. The highest BCUT2D eigenvalue weighted by Gasteiger charge is 2.48. The van der Waals surface area contributed by atoms with Crippen LogP contribution in [0.1, 0.15) is 19.8 Å².